The number of methoxy groups -OCH3 is 1. The molecule has 2 aromatic rings. The van der Waals surface area contributed by atoms with Crippen LogP contribution in [0.3, 0.4) is 0 Å². The van der Waals surface area contributed by atoms with E-state index in [-0.39, 0.29) is 5.91 Å². The summed E-state index contributed by atoms with van der Waals surface area (Å²) in [5, 5.41) is 2.95. The highest BCUT2D eigenvalue weighted by atomic mass is 16.5. The topological polar surface area (TPSA) is 54.5 Å². The lowest BCUT2D eigenvalue weighted by Crippen LogP contribution is -2.25. The molecule has 0 saturated carbocycles. The molecular weight excluding hydrogens is 326 g/mol. The average molecular weight is 353 g/mol. The fraction of sp³-hybridized carbons (Fsp3) is 0.429. The summed E-state index contributed by atoms with van der Waals surface area (Å²) in [6, 6.07) is 11.6. The van der Waals surface area contributed by atoms with Gasteiger partial charge in [-0.05, 0) is 42.2 Å². The Morgan fingerprint density at radius 1 is 1.04 bits per heavy atom. The van der Waals surface area contributed by atoms with E-state index in [1.807, 2.05) is 30.5 Å². The Balaban J connectivity index is 1.53. The van der Waals surface area contributed by atoms with E-state index in [9.17, 15) is 4.79 Å². The summed E-state index contributed by atoms with van der Waals surface area (Å²) >= 11 is 0. The van der Waals surface area contributed by atoms with E-state index in [0.29, 0.717) is 18.7 Å². The van der Waals surface area contributed by atoms with Gasteiger partial charge in [-0.3, -0.25) is 4.79 Å². The van der Waals surface area contributed by atoms with Crippen LogP contribution in [-0.2, 0) is 17.9 Å². The Morgan fingerprint density at radius 2 is 1.73 bits per heavy atom. The quantitative estimate of drug-likeness (QED) is 0.863. The minimum Gasteiger partial charge on any atom is -0.380 e. The van der Waals surface area contributed by atoms with Crippen LogP contribution in [0.5, 0.6) is 0 Å². The number of hydrogen-bond donors (Lipinski definition) is 1. The van der Waals surface area contributed by atoms with Gasteiger partial charge in [0.25, 0.3) is 5.91 Å². The van der Waals surface area contributed by atoms with Gasteiger partial charge in [0.05, 0.1) is 6.61 Å². The molecule has 0 aliphatic carbocycles. The number of anilines is 1. The van der Waals surface area contributed by atoms with Crippen LogP contribution in [0.1, 0.15) is 47.2 Å². The number of aromatic nitrogens is 1. The first-order valence-electron chi connectivity index (χ1n) is 9.32. The number of benzene rings is 1. The van der Waals surface area contributed by atoms with Crippen molar-refractivity contribution in [3.05, 3.63) is 59.3 Å². The second-order valence-corrected chi connectivity index (χ2v) is 6.74. The van der Waals surface area contributed by atoms with Gasteiger partial charge in [-0.2, -0.15) is 0 Å². The Hall–Kier alpha value is -2.40. The SMILES string of the molecule is COCc1ccc(C(=O)NCc2ccc(N3CCCCCC3)nc2)cc1. The molecule has 1 fully saturated rings. The summed E-state index contributed by atoms with van der Waals surface area (Å²) in [6.45, 7) is 3.20. The number of carbonyl (C=O) groups is 1. The molecule has 1 amide bonds. The molecule has 1 aliphatic rings. The van der Waals surface area contributed by atoms with Crippen molar-refractivity contribution in [1.82, 2.24) is 10.3 Å². The highest BCUT2D eigenvalue weighted by molar-refractivity contribution is 5.94. The van der Waals surface area contributed by atoms with Crippen molar-refractivity contribution in [2.45, 2.75) is 38.8 Å². The normalized spacial score (nSPS) is 14.7. The van der Waals surface area contributed by atoms with Crippen molar-refractivity contribution in [3.8, 4) is 0 Å². The predicted octanol–water partition coefficient (Wildman–Crippen LogP) is 3.54. The van der Waals surface area contributed by atoms with Gasteiger partial charge in [0.15, 0.2) is 0 Å². The van der Waals surface area contributed by atoms with E-state index in [1.54, 1.807) is 7.11 Å². The summed E-state index contributed by atoms with van der Waals surface area (Å²) < 4.78 is 5.08. The van der Waals surface area contributed by atoms with Crippen LogP contribution in [0.2, 0.25) is 0 Å². The molecule has 0 bridgehead atoms. The molecule has 1 saturated heterocycles. The number of rotatable bonds is 6. The molecule has 1 aliphatic heterocycles. The van der Waals surface area contributed by atoms with Crippen molar-refractivity contribution in [3.63, 3.8) is 0 Å². The number of carbonyl (C=O) groups excluding carboxylic acids is 1. The van der Waals surface area contributed by atoms with Crippen molar-refractivity contribution < 1.29 is 9.53 Å². The summed E-state index contributed by atoms with van der Waals surface area (Å²) in [4.78, 5) is 19.2. The lowest BCUT2D eigenvalue weighted by Gasteiger charge is -2.21. The number of ether oxygens (including phenoxy) is 1. The van der Waals surface area contributed by atoms with Gasteiger partial charge in [0.1, 0.15) is 5.82 Å². The lowest BCUT2D eigenvalue weighted by molar-refractivity contribution is 0.0951. The van der Waals surface area contributed by atoms with Gasteiger partial charge < -0.3 is 15.0 Å². The predicted molar refractivity (Wildman–Crippen MR) is 103 cm³/mol. The highest BCUT2D eigenvalue weighted by Crippen LogP contribution is 2.17. The van der Waals surface area contributed by atoms with Gasteiger partial charge in [-0.1, -0.05) is 31.0 Å². The first-order chi connectivity index (χ1) is 12.8. The van der Waals surface area contributed by atoms with Crippen LogP contribution >= 0.6 is 0 Å². The molecular formula is C21H27N3O2. The van der Waals surface area contributed by atoms with Crippen LogP contribution < -0.4 is 10.2 Å². The van der Waals surface area contributed by atoms with Crippen molar-refractivity contribution in [1.29, 1.82) is 0 Å². The van der Waals surface area contributed by atoms with Crippen molar-refractivity contribution in [2.75, 3.05) is 25.1 Å². The first kappa shape index (κ1) is 18.4. The number of pyridine rings is 1. The largest absolute Gasteiger partial charge is 0.380 e. The van der Waals surface area contributed by atoms with Crippen LogP contribution in [0.25, 0.3) is 0 Å². The van der Waals surface area contributed by atoms with E-state index in [1.165, 1.54) is 25.7 Å². The van der Waals surface area contributed by atoms with Crippen LogP contribution in [0.15, 0.2) is 42.6 Å². The Bertz CT molecular complexity index is 690. The van der Waals surface area contributed by atoms with Crippen molar-refractivity contribution in [2.24, 2.45) is 0 Å². The number of amides is 1. The third kappa shape index (κ3) is 5.05. The monoisotopic (exact) mass is 353 g/mol. The fourth-order valence-corrected chi connectivity index (χ4v) is 3.21. The lowest BCUT2D eigenvalue weighted by atomic mass is 10.1. The molecule has 0 atom stereocenters. The molecule has 0 unspecified atom stereocenters. The van der Waals surface area contributed by atoms with Gasteiger partial charge in [-0.15, -0.1) is 0 Å². The van der Waals surface area contributed by atoms with Gasteiger partial charge in [0.2, 0.25) is 0 Å². The van der Waals surface area contributed by atoms with Gasteiger partial charge >= 0.3 is 0 Å². The molecule has 138 valence electrons. The van der Waals surface area contributed by atoms with Crippen molar-refractivity contribution >= 4 is 11.7 Å². The van der Waals surface area contributed by atoms with E-state index < -0.39 is 0 Å². The molecule has 3 rings (SSSR count). The van der Waals surface area contributed by atoms with Gasteiger partial charge in [0, 0.05) is 38.5 Å². The van der Waals surface area contributed by atoms with Crippen LogP contribution in [0, 0.1) is 0 Å². The first-order valence-corrected chi connectivity index (χ1v) is 9.32. The van der Waals surface area contributed by atoms with Crippen LogP contribution in [-0.4, -0.2) is 31.1 Å². The van der Waals surface area contributed by atoms with E-state index in [0.717, 1.165) is 30.0 Å². The summed E-state index contributed by atoms with van der Waals surface area (Å²) in [5.41, 5.74) is 2.71. The second kappa shape index (κ2) is 9.34. The average Bonchev–Trinajstić information content (AvgIpc) is 2.97. The standard InChI is InChI=1S/C21H27N3O2/c1-26-16-17-6-9-19(10-7-17)21(25)23-15-18-8-11-20(22-14-18)24-12-4-2-3-5-13-24/h6-11,14H,2-5,12-13,15-16H2,1H3,(H,23,25). The van der Waals surface area contributed by atoms with E-state index in [2.05, 4.69) is 27.3 Å². The number of nitrogens with one attached hydrogen (secondary N) is 1. The maximum atomic E-state index is 12.3. The summed E-state index contributed by atoms with van der Waals surface area (Å²) in [7, 11) is 1.66. The van der Waals surface area contributed by atoms with Crippen LogP contribution in [0.4, 0.5) is 5.82 Å². The third-order valence-corrected chi connectivity index (χ3v) is 4.72. The zero-order chi connectivity index (χ0) is 18.2. The molecule has 0 radical (unpaired) electrons. The Labute approximate surface area is 155 Å². The Morgan fingerprint density at radius 3 is 2.35 bits per heavy atom. The zero-order valence-corrected chi connectivity index (χ0v) is 15.4. The maximum Gasteiger partial charge on any atom is 0.251 e. The molecule has 1 aromatic carbocycles. The summed E-state index contributed by atoms with van der Waals surface area (Å²) in [5.74, 6) is 0.960. The van der Waals surface area contributed by atoms with Gasteiger partial charge in [-0.25, -0.2) is 4.98 Å². The Kier molecular flexibility index (Phi) is 6.61. The molecule has 1 aromatic heterocycles. The maximum absolute atomic E-state index is 12.3. The second-order valence-electron chi connectivity index (χ2n) is 6.74. The molecule has 5 heteroatoms. The van der Waals surface area contributed by atoms with E-state index >= 15 is 0 Å². The molecule has 0 spiro atoms. The summed E-state index contributed by atoms with van der Waals surface area (Å²) in [6.07, 6.45) is 6.97. The minimum absolute atomic E-state index is 0.0782. The zero-order valence-electron chi connectivity index (χ0n) is 15.4. The fourth-order valence-electron chi connectivity index (χ4n) is 3.21. The number of nitrogens with zero attached hydrogens (tertiary/aromatic N) is 2. The molecule has 1 N–H and O–H groups in total. The van der Waals surface area contributed by atoms with E-state index in [4.69, 9.17) is 4.74 Å². The molecule has 5 nitrogen and oxygen atoms in total. The smallest absolute Gasteiger partial charge is 0.251 e. The molecule has 26 heavy (non-hydrogen) atoms. The highest BCUT2D eigenvalue weighted by Gasteiger charge is 2.11. The minimum atomic E-state index is -0.0782. The third-order valence-electron chi connectivity index (χ3n) is 4.72. The molecule has 2 heterocycles. The number of hydrogen-bond acceptors (Lipinski definition) is 4.